The molecule has 1 aliphatic heterocycles. The van der Waals surface area contributed by atoms with Crippen molar-refractivity contribution in [1.29, 1.82) is 0 Å². The van der Waals surface area contributed by atoms with E-state index in [1.54, 1.807) is 0 Å². The van der Waals surface area contributed by atoms with Gasteiger partial charge in [-0.2, -0.15) is 0 Å². The van der Waals surface area contributed by atoms with E-state index in [9.17, 15) is 0 Å². The lowest BCUT2D eigenvalue weighted by Crippen LogP contribution is -2.32. The summed E-state index contributed by atoms with van der Waals surface area (Å²) >= 11 is 0. The van der Waals surface area contributed by atoms with Crippen molar-refractivity contribution in [2.24, 2.45) is 5.41 Å². The van der Waals surface area contributed by atoms with Crippen molar-refractivity contribution in [3.05, 3.63) is 38.0 Å². The van der Waals surface area contributed by atoms with Gasteiger partial charge < -0.3 is 0 Å². The minimum atomic E-state index is 0.0116. The first-order valence-electron chi connectivity index (χ1n) is 4.90. The van der Waals surface area contributed by atoms with E-state index >= 15 is 0 Å². The molecule has 1 unspecified atom stereocenters. The van der Waals surface area contributed by atoms with Crippen LogP contribution >= 0.6 is 0 Å². The van der Waals surface area contributed by atoms with Crippen LogP contribution in [0.4, 0.5) is 0 Å². The predicted molar refractivity (Wildman–Crippen MR) is 57.7 cm³/mol. The fourth-order valence-corrected chi connectivity index (χ4v) is 1.91. The van der Waals surface area contributed by atoms with Gasteiger partial charge in [-0.05, 0) is 19.3 Å². The van der Waals surface area contributed by atoms with Crippen LogP contribution < -0.4 is 0 Å². The molecule has 0 aromatic heterocycles. The third kappa shape index (κ3) is 2.14. The van der Waals surface area contributed by atoms with Crippen molar-refractivity contribution in [3.8, 4) is 0 Å². The minimum absolute atomic E-state index is 0.0116. The van der Waals surface area contributed by atoms with E-state index in [-0.39, 0.29) is 11.5 Å². The lowest BCUT2D eigenvalue weighted by Gasteiger charge is -2.28. The fourth-order valence-electron chi connectivity index (χ4n) is 1.91. The Bertz CT molecular complexity index is 210. The van der Waals surface area contributed by atoms with Crippen LogP contribution in [0.1, 0.15) is 19.3 Å². The van der Waals surface area contributed by atoms with Crippen LogP contribution in [-0.4, -0.2) is 12.7 Å². The van der Waals surface area contributed by atoms with Gasteiger partial charge in [0.1, 0.15) is 6.10 Å². The summed E-state index contributed by atoms with van der Waals surface area (Å²) in [7, 11) is 0. The van der Waals surface area contributed by atoms with Gasteiger partial charge in [0, 0.05) is 5.41 Å². The molecule has 0 N–H and O–H groups in total. The van der Waals surface area contributed by atoms with Crippen LogP contribution in [0.2, 0.25) is 0 Å². The quantitative estimate of drug-likeness (QED) is 0.478. The topological polar surface area (TPSA) is 18.5 Å². The number of hydrogen-bond donors (Lipinski definition) is 0. The molecule has 2 heteroatoms. The summed E-state index contributed by atoms with van der Waals surface area (Å²) in [6.07, 6.45) is 8.35. The van der Waals surface area contributed by atoms with Crippen molar-refractivity contribution >= 4 is 0 Å². The third-order valence-corrected chi connectivity index (χ3v) is 2.70. The van der Waals surface area contributed by atoms with Crippen LogP contribution in [0.5, 0.6) is 0 Å². The highest BCUT2D eigenvalue weighted by molar-refractivity contribution is 4.99. The Hall–Kier alpha value is -0.860. The zero-order valence-corrected chi connectivity index (χ0v) is 8.58. The Labute approximate surface area is 85.8 Å². The van der Waals surface area contributed by atoms with Gasteiger partial charge in [0.05, 0.1) is 6.61 Å². The molecule has 0 aromatic carbocycles. The van der Waals surface area contributed by atoms with Crippen molar-refractivity contribution in [3.63, 3.8) is 0 Å². The third-order valence-electron chi connectivity index (χ3n) is 2.70. The molecule has 0 spiro atoms. The van der Waals surface area contributed by atoms with Gasteiger partial charge in [0.15, 0.2) is 0 Å². The maximum Gasteiger partial charge on any atom is 0.105 e. The van der Waals surface area contributed by atoms with E-state index in [0.717, 1.165) is 19.3 Å². The van der Waals surface area contributed by atoms with Crippen LogP contribution in [0.25, 0.3) is 0 Å². The smallest absolute Gasteiger partial charge is 0.105 e. The van der Waals surface area contributed by atoms with E-state index in [2.05, 4.69) is 19.7 Å². The zero-order chi connectivity index (χ0) is 10.4. The molecule has 0 saturated carbocycles. The Morgan fingerprint density at radius 1 is 1.14 bits per heavy atom. The molecule has 0 radical (unpaired) electrons. The highest BCUT2D eigenvalue weighted by Crippen LogP contribution is 2.40. The van der Waals surface area contributed by atoms with Gasteiger partial charge in [-0.15, -0.1) is 19.7 Å². The van der Waals surface area contributed by atoms with Crippen LogP contribution in [0, 0.1) is 5.41 Å². The molecule has 78 valence electrons. The molecular formula is C12H18O2. The van der Waals surface area contributed by atoms with Gasteiger partial charge in [-0.3, -0.25) is 0 Å². The van der Waals surface area contributed by atoms with E-state index in [1.165, 1.54) is 0 Å². The molecule has 1 fully saturated rings. The second kappa shape index (κ2) is 5.13. The Kier molecular flexibility index (Phi) is 4.11. The second-order valence-corrected chi connectivity index (χ2v) is 3.72. The Morgan fingerprint density at radius 3 is 2.29 bits per heavy atom. The van der Waals surface area contributed by atoms with Gasteiger partial charge >= 0.3 is 0 Å². The average Bonchev–Trinajstić information content (AvgIpc) is 2.51. The summed E-state index contributed by atoms with van der Waals surface area (Å²) in [5.74, 6) is 0. The Morgan fingerprint density at radius 2 is 1.79 bits per heavy atom. The van der Waals surface area contributed by atoms with Gasteiger partial charge in [0.25, 0.3) is 0 Å². The van der Waals surface area contributed by atoms with Crippen molar-refractivity contribution in [1.82, 2.24) is 0 Å². The fraction of sp³-hybridized carbons (Fsp3) is 0.500. The lowest BCUT2D eigenvalue weighted by molar-refractivity contribution is -0.274. The molecule has 0 bridgehead atoms. The molecule has 2 nitrogen and oxygen atoms in total. The summed E-state index contributed by atoms with van der Waals surface area (Å²) in [5.41, 5.74) is 0.0116. The van der Waals surface area contributed by atoms with E-state index in [0.29, 0.717) is 6.61 Å². The molecule has 1 rings (SSSR count). The largest absolute Gasteiger partial charge is 0.236 e. The molecule has 14 heavy (non-hydrogen) atoms. The van der Waals surface area contributed by atoms with Crippen LogP contribution in [0.3, 0.4) is 0 Å². The first-order valence-corrected chi connectivity index (χ1v) is 4.90. The van der Waals surface area contributed by atoms with Gasteiger partial charge in [0.2, 0.25) is 0 Å². The molecule has 1 saturated heterocycles. The average molecular weight is 194 g/mol. The predicted octanol–water partition coefficient (Wildman–Crippen LogP) is 3.03. The monoisotopic (exact) mass is 194 g/mol. The van der Waals surface area contributed by atoms with Gasteiger partial charge in [-0.25, -0.2) is 9.78 Å². The number of hydrogen-bond acceptors (Lipinski definition) is 2. The van der Waals surface area contributed by atoms with Crippen molar-refractivity contribution in [2.45, 2.75) is 25.4 Å². The normalized spacial score (nSPS) is 24.4. The van der Waals surface area contributed by atoms with Crippen molar-refractivity contribution < 1.29 is 9.78 Å². The van der Waals surface area contributed by atoms with Crippen molar-refractivity contribution in [2.75, 3.05) is 6.61 Å². The molecule has 0 aliphatic carbocycles. The van der Waals surface area contributed by atoms with E-state index in [4.69, 9.17) is 9.78 Å². The molecular weight excluding hydrogens is 176 g/mol. The highest BCUT2D eigenvalue weighted by Gasteiger charge is 2.43. The summed E-state index contributed by atoms with van der Waals surface area (Å²) in [5, 5.41) is 0. The van der Waals surface area contributed by atoms with E-state index < -0.39 is 0 Å². The molecule has 0 aromatic rings. The maximum atomic E-state index is 5.25. The molecule has 1 atom stereocenters. The van der Waals surface area contributed by atoms with Crippen LogP contribution in [0.15, 0.2) is 38.0 Å². The Balaban J connectivity index is 2.75. The molecule has 1 aliphatic rings. The minimum Gasteiger partial charge on any atom is -0.236 e. The van der Waals surface area contributed by atoms with Crippen LogP contribution in [-0.2, 0) is 9.78 Å². The summed E-state index contributed by atoms with van der Waals surface area (Å²) in [4.78, 5) is 10.3. The molecule has 1 heterocycles. The summed E-state index contributed by atoms with van der Waals surface area (Å²) < 4.78 is 0. The van der Waals surface area contributed by atoms with Gasteiger partial charge in [-0.1, -0.05) is 18.2 Å². The lowest BCUT2D eigenvalue weighted by atomic mass is 9.76. The number of rotatable bonds is 6. The highest BCUT2D eigenvalue weighted by atomic mass is 17.2. The zero-order valence-electron chi connectivity index (χ0n) is 8.58. The summed E-state index contributed by atoms with van der Waals surface area (Å²) in [6.45, 7) is 11.9. The second-order valence-electron chi connectivity index (χ2n) is 3.72. The van der Waals surface area contributed by atoms with E-state index in [1.807, 2.05) is 18.2 Å². The standard InChI is InChI=1S/C12H18O2/c1-4-7-11-12(8-5-2,9-6-3)10-13-14-11/h4-6,11H,1-3,7-10H2. The first-order chi connectivity index (χ1) is 6.79. The first kappa shape index (κ1) is 11.2. The molecule has 0 amide bonds. The maximum absolute atomic E-state index is 5.25. The summed E-state index contributed by atoms with van der Waals surface area (Å²) in [6, 6.07) is 0. The number of allylic oxidation sites excluding steroid dienone is 2. The SMILES string of the molecule is C=CCC1OOCC1(CC=C)CC=C.